The average Bonchev–Trinajstić information content (AvgIpc) is 3.25. The molecule has 1 aliphatic rings. The van der Waals surface area contributed by atoms with Gasteiger partial charge in [0.2, 0.25) is 0 Å². The first-order chi connectivity index (χ1) is 18.7. The topological polar surface area (TPSA) is 96.7 Å². The molecule has 0 unspecified atom stereocenters. The number of carboxylic acid groups (broad SMARTS) is 1. The summed E-state index contributed by atoms with van der Waals surface area (Å²) < 4.78 is 49.4. The van der Waals surface area contributed by atoms with Crippen LogP contribution in [0.3, 0.4) is 0 Å². The maximum Gasteiger partial charge on any atom is 0.335 e. The molecule has 0 fully saturated rings. The molecule has 2 N–H and O–H groups in total. The van der Waals surface area contributed by atoms with Crippen LogP contribution in [0.25, 0.3) is 11.3 Å². The molecule has 8 nitrogen and oxygen atoms in total. The van der Waals surface area contributed by atoms with Crippen molar-refractivity contribution in [2.75, 3.05) is 18.4 Å². The quantitative estimate of drug-likeness (QED) is 0.334. The van der Waals surface area contributed by atoms with Crippen LogP contribution in [0.4, 0.5) is 18.9 Å². The van der Waals surface area contributed by atoms with Gasteiger partial charge in [0.25, 0.3) is 5.91 Å². The normalized spacial score (nSPS) is 11.8. The molecule has 39 heavy (non-hydrogen) atoms. The van der Waals surface area contributed by atoms with Crippen LogP contribution >= 0.6 is 0 Å². The van der Waals surface area contributed by atoms with Crippen LogP contribution < -0.4 is 10.1 Å². The predicted molar refractivity (Wildman–Crippen MR) is 136 cm³/mol. The fourth-order valence-corrected chi connectivity index (χ4v) is 4.55. The molecule has 200 valence electrons. The van der Waals surface area contributed by atoms with Crippen molar-refractivity contribution in [1.29, 1.82) is 0 Å². The van der Waals surface area contributed by atoms with Gasteiger partial charge in [0.15, 0.2) is 5.69 Å². The number of rotatable bonds is 8. The van der Waals surface area contributed by atoms with Crippen LogP contribution in [0.15, 0.2) is 60.7 Å². The monoisotopic (exact) mass is 536 g/mol. The van der Waals surface area contributed by atoms with E-state index in [-0.39, 0.29) is 43.2 Å². The van der Waals surface area contributed by atoms with Gasteiger partial charge in [-0.2, -0.15) is 5.10 Å². The maximum atomic E-state index is 14.3. The van der Waals surface area contributed by atoms with E-state index in [1.54, 1.807) is 13.1 Å². The van der Waals surface area contributed by atoms with Gasteiger partial charge in [-0.25, -0.2) is 18.0 Å². The van der Waals surface area contributed by atoms with Crippen molar-refractivity contribution in [3.8, 4) is 17.0 Å². The summed E-state index contributed by atoms with van der Waals surface area (Å²) in [6.07, 6.45) is 0. The summed E-state index contributed by atoms with van der Waals surface area (Å²) in [7, 11) is 1.65. The Morgan fingerprint density at radius 3 is 2.64 bits per heavy atom. The van der Waals surface area contributed by atoms with Crippen molar-refractivity contribution in [2.24, 2.45) is 7.05 Å². The highest BCUT2D eigenvalue weighted by molar-refractivity contribution is 5.96. The zero-order valence-corrected chi connectivity index (χ0v) is 20.7. The summed E-state index contributed by atoms with van der Waals surface area (Å²) in [4.78, 5) is 26.5. The molecule has 1 aliphatic heterocycles. The number of fused-ring (bicyclic) bond motifs is 3. The molecule has 0 saturated heterocycles. The van der Waals surface area contributed by atoms with Gasteiger partial charge in [-0.3, -0.25) is 9.48 Å². The molecule has 1 aromatic heterocycles. The van der Waals surface area contributed by atoms with Crippen LogP contribution in [0.5, 0.6) is 5.75 Å². The van der Waals surface area contributed by atoms with Gasteiger partial charge in [0, 0.05) is 37.8 Å². The third kappa shape index (κ3) is 5.28. The van der Waals surface area contributed by atoms with Crippen LogP contribution in [-0.4, -0.2) is 44.8 Å². The number of hydrogen-bond acceptors (Lipinski definition) is 5. The number of nitrogens with one attached hydrogen (secondary N) is 1. The molecule has 1 amide bonds. The molecule has 0 spiro atoms. The number of aromatic carboxylic acids is 1. The first-order valence-electron chi connectivity index (χ1n) is 12.0. The molecular formula is C28H23F3N4O4. The molecule has 0 radical (unpaired) electrons. The largest absolute Gasteiger partial charge is 0.488 e. The number of nitrogens with zero attached hydrogens (tertiary/aromatic N) is 3. The lowest BCUT2D eigenvalue weighted by Crippen LogP contribution is -2.35. The first-order valence-corrected chi connectivity index (χ1v) is 12.0. The SMILES string of the molecule is Cn1nc(C(=O)N(CCNc2cc(C(=O)O)ccc2F)Cc2cccc(F)c2)c2c1-c1cc(F)ccc1OC2. The lowest BCUT2D eigenvalue weighted by molar-refractivity contribution is 0.0695. The van der Waals surface area contributed by atoms with Crippen LogP contribution in [0.1, 0.15) is 32.0 Å². The Hall–Kier alpha value is -4.80. The van der Waals surface area contributed by atoms with E-state index >= 15 is 0 Å². The number of ether oxygens (including phenoxy) is 1. The van der Waals surface area contributed by atoms with Gasteiger partial charge < -0.3 is 20.1 Å². The fraction of sp³-hybridized carbons (Fsp3) is 0.179. The third-order valence-corrected chi connectivity index (χ3v) is 6.38. The number of amides is 1. The third-order valence-electron chi connectivity index (χ3n) is 6.38. The molecule has 4 aromatic rings. The fourth-order valence-electron chi connectivity index (χ4n) is 4.55. The Morgan fingerprint density at radius 1 is 1.08 bits per heavy atom. The highest BCUT2D eigenvalue weighted by Crippen LogP contribution is 2.39. The van der Waals surface area contributed by atoms with Crippen LogP contribution in [-0.2, 0) is 20.2 Å². The smallest absolute Gasteiger partial charge is 0.335 e. The van der Waals surface area contributed by atoms with Gasteiger partial charge in [0.1, 0.15) is 29.8 Å². The Labute approximate surface area is 221 Å². The number of carbonyl (C=O) groups is 2. The zero-order valence-electron chi connectivity index (χ0n) is 20.7. The van der Waals surface area contributed by atoms with Gasteiger partial charge in [-0.05, 0) is 54.1 Å². The predicted octanol–water partition coefficient (Wildman–Crippen LogP) is 4.85. The second-order valence-corrected chi connectivity index (χ2v) is 9.01. The zero-order chi connectivity index (χ0) is 27.7. The summed E-state index contributed by atoms with van der Waals surface area (Å²) in [5, 5.41) is 16.4. The van der Waals surface area contributed by atoms with E-state index in [2.05, 4.69) is 10.4 Å². The molecule has 5 rings (SSSR count). The minimum absolute atomic E-state index is 0.0212. The summed E-state index contributed by atoms with van der Waals surface area (Å²) in [6, 6.07) is 13.3. The molecule has 0 aliphatic carbocycles. The number of aryl methyl sites for hydroxylation is 1. The second-order valence-electron chi connectivity index (χ2n) is 9.01. The Kier molecular flexibility index (Phi) is 6.97. The Balaban J connectivity index is 1.44. The van der Waals surface area contributed by atoms with E-state index in [1.165, 1.54) is 52.0 Å². The number of hydrogen-bond donors (Lipinski definition) is 2. The number of aromatic nitrogens is 2. The van der Waals surface area contributed by atoms with Crippen molar-refractivity contribution in [3.63, 3.8) is 0 Å². The van der Waals surface area contributed by atoms with Gasteiger partial charge in [-0.15, -0.1) is 0 Å². The van der Waals surface area contributed by atoms with Crippen molar-refractivity contribution < 1.29 is 32.6 Å². The van der Waals surface area contributed by atoms with Crippen molar-refractivity contribution in [1.82, 2.24) is 14.7 Å². The van der Waals surface area contributed by atoms with Crippen molar-refractivity contribution >= 4 is 17.6 Å². The van der Waals surface area contributed by atoms with Crippen molar-refractivity contribution in [2.45, 2.75) is 13.2 Å². The van der Waals surface area contributed by atoms with E-state index in [9.17, 15) is 27.9 Å². The van der Waals surface area contributed by atoms with E-state index in [0.717, 1.165) is 12.1 Å². The highest BCUT2D eigenvalue weighted by Gasteiger charge is 2.31. The number of carboxylic acids is 1. The Bertz CT molecular complexity index is 1590. The highest BCUT2D eigenvalue weighted by atomic mass is 19.1. The average molecular weight is 537 g/mol. The molecule has 2 heterocycles. The summed E-state index contributed by atoms with van der Waals surface area (Å²) in [5.41, 5.74) is 2.00. The van der Waals surface area contributed by atoms with Gasteiger partial charge >= 0.3 is 5.97 Å². The summed E-state index contributed by atoms with van der Waals surface area (Å²) in [6.45, 7) is 0.166. The van der Waals surface area contributed by atoms with E-state index in [4.69, 9.17) is 4.74 Å². The molecule has 0 saturated carbocycles. The molecule has 11 heteroatoms. The van der Waals surface area contributed by atoms with Crippen LogP contribution in [0, 0.1) is 17.5 Å². The molecule has 3 aromatic carbocycles. The summed E-state index contributed by atoms with van der Waals surface area (Å²) >= 11 is 0. The van der Waals surface area contributed by atoms with E-state index < -0.39 is 29.3 Å². The van der Waals surface area contributed by atoms with Crippen molar-refractivity contribution in [3.05, 3.63) is 100 Å². The van der Waals surface area contributed by atoms with Gasteiger partial charge in [0.05, 0.1) is 16.9 Å². The molecule has 0 atom stereocenters. The van der Waals surface area contributed by atoms with Gasteiger partial charge in [-0.1, -0.05) is 12.1 Å². The summed E-state index contributed by atoms with van der Waals surface area (Å²) in [5.74, 6) is -2.79. The standard InChI is InChI=1S/C28H23F3N4O4/c1-34-26-20-13-19(30)6-8-24(20)39-15-21(26)25(33-34)27(36)35(14-16-3-2-4-18(29)11-16)10-9-32-23-12-17(28(37)38)5-7-22(23)31/h2-8,11-13,32H,9-10,14-15H2,1H3,(H,37,38). The maximum absolute atomic E-state index is 14.3. The minimum atomic E-state index is -1.20. The van der Waals surface area contributed by atoms with E-state index in [0.29, 0.717) is 28.1 Å². The number of benzene rings is 3. The molecular weight excluding hydrogens is 513 g/mol. The lowest BCUT2D eigenvalue weighted by Gasteiger charge is -2.24. The number of halogens is 3. The number of anilines is 1. The first kappa shape index (κ1) is 25.8. The lowest BCUT2D eigenvalue weighted by atomic mass is 10.0. The molecule has 0 bridgehead atoms. The number of carbonyl (C=O) groups excluding carboxylic acids is 1. The minimum Gasteiger partial charge on any atom is -0.488 e. The van der Waals surface area contributed by atoms with Crippen LogP contribution in [0.2, 0.25) is 0 Å². The Morgan fingerprint density at radius 2 is 1.87 bits per heavy atom. The van der Waals surface area contributed by atoms with E-state index in [1.807, 2.05) is 0 Å². The second kappa shape index (κ2) is 10.5.